The monoisotopic (exact) mass is 394 g/mol. The Balaban J connectivity index is 1.66. The first-order valence-electron chi connectivity index (χ1n) is 9.19. The number of aromatic nitrogens is 2. The van der Waals surface area contributed by atoms with Crippen molar-refractivity contribution in [1.29, 1.82) is 0 Å². The third-order valence-corrected chi connectivity index (χ3v) is 4.47. The molecule has 3 rings (SSSR count). The molecule has 0 saturated carbocycles. The number of ether oxygens (including phenoxy) is 1. The van der Waals surface area contributed by atoms with Gasteiger partial charge in [0.25, 0.3) is 11.5 Å². The minimum atomic E-state index is -0.370. The number of hydrogen-bond donors (Lipinski definition) is 2. The molecule has 0 unspecified atom stereocenters. The first-order chi connectivity index (χ1) is 14.0. The summed E-state index contributed by atoms with van der Waals surface area (Å²) >= 11 is 0. The second kappa shape index (κ2) is 9.01. The highest BCUT2D eigenvalue weighted by Crippen LogP contribution is 2.12. The predicted molar refractivity (Wildman–Crippen MR) is 109 cm³/mol. The molecule has 8 heteroatoms. The lowest BCUT2D eigenvalue weighted by atomic mass is 10.2. The molecule has 2 aromatic carbocycles. The number of H-pyrrole nitrogens is 1. The first-order valence-corrected chi connectivity index (χ1v) is 9.19. The van der Waals surface area contributed by atoms with Crippen LogP contribution in [0.1, 0.15) is 23.1 Å². The van der Waals surface area contributed by atoms with Gasteiger partial charge in [0.2, 0.25) is 5.91 Å². The lowest BCUT2D eigenvalue weighted by molar-refractivity contribution is -0.130. The van der Waals surface area contributed by atoms with Crippen LogP contribution in [0.15, 0.2) is 53.3 Å². The summed E-state index contributed by atoms with van der Waals surface area (Å²) in [6.45, 7) is 2.21. The number of carbonyl (C=O) groups excluding carboxylic acids is 2. The van der Waals surface area contributed by atoms with E-state index in [4.69, 9.17) is 4.74 Å². The summed E-state index contributed by atoms with van der Waals surface area (Å²) in [4.78, 5) is 45.7. The van der Waals surface area contributed by atoms with Gasteiger partial charge < -0.3 is 19.9 Å². The Bertz CT molecular complexity index is 1090. The number of aromatic amines is 1. The van der Waals surface area contributed by atoms with Crippen LogP contribution in [0.2, 0.25) is 0 Å². The van der Waals surface area contributed by atoms with Gasteiger partial charge in [0.15, 0.2) is 0 Å². The lowest BCUT2D eigenvalue weighted by Crippen LogP contribution is -2.40. The highest BCUT2D eigenvalue weighted by Gasteiger charge is 2.16. The summed E-state index contributed by atoms with van der Waals surface area (Å²) in [7, 11) is 1.52. The van der Waals surface area contributed by atoms with Gasteiger partial charge in [-0.1, -0.05) is 18.2 Å². The maximum atomic E-state index is 12.6. The first kappa shape index (κ1) is 20.1. The average Bonchev–Trinajstić information content (AvgIpc) is 2.75. The van der Waals surface area contributed by atoms with Gasteiger partial charge in [-0.15, -0.1) is 0 Å². The molecule has 0 aliphatic heterocycles. The normalized spacial score (nSPS) is 10.6. The van der Waals surface area contributed by atoms with Crippen LogP contribution in [-0.2, 0) is 11.3 Å². The van der Waals surface area contributed by atoms with Crippen LogP contribution in [0.5, 0.6) is 5.75 Å². The molecule has 0 bridgehead atoms. The largest absolute Gasteiger partial charge is 0.497 e. The molecule has 0 radical (unpaired) electrons. The number of fused-ring (bicyclic) bond motifs is 1. The number of carbonyl (C=O) groups is 2. The Hall–Kier alpha value is -3.68. The van der Waals surface area contributed by atoms with Gasteiger partial charge in [-0.2, -0.15) is 0 Å². The number of rotatable bonds is 7. The minimum Gasteiger partial charge on any atom is -0.497 e. The SMILES string of the molecule is CCN(Cc1nc2ccccc2c(=O)[nH]1)C(=O)CNC(=O)c1cccc(OC)c1. The second-order valence-electron chi connectivity index (χ2n) is 6.35. The molecule has 1 aromatic heterocycles. The highest BCUT2D eigenvalue weighted by atomic mass is 16.5. The van der Waals surface area contributed by atoms with Crippen molar-refractivity contribution in [3.05, 3.63) is 70.3 Å². The molecule has 8 nitrogen and oxygen atoms in total. The van der Waals surface area contributed by atoms with Crippen molar-refractivity contribution in [2.45, 2.75) is 13.5 Å². The van der Waals surface area contributed by atoms with Crippen molar-refractivity contribution < 1.29 is 14.3 Å². The van der Waals surface area contributed by atoms with Gasteiger partial charge in [-0.05, 0) is 37.3 Å². The van der Waals surface area contributed by atoms with Crippen LogP contribution in [0, 0.1) is 0 Å². The van der Waals surface area contributed by atoms with Crippen molar-refractivity contribution in [3.63, 3.8) is 0 Å². The number of para-hydroxylation sites is 1. The number of benzene rings is 2. The fraction of sp³-hybridized carbons (Fsp3) is 0.238. The van der Waals surface area contributed by atoms with Crippen LogP contribution in [0.3, 0.4) is 0 Å². The lowest BCUT2D eigenvalue weighted by Gasteiger charge is -2.20. The predicted octanol–water partition coefficient (Wildman–Crippen LogP) is 1.71. The summed E-state index contributed by atoms with van der Waals surface area (Å²) < 4.78 is 5.10. The molecule has 1 heterocycles. The van der Waals surface area contributed by atoms with Crippen LogP contribution in [-0.4, -0.2) is 46.9 Å². The van der Waals surface area contributed by atoms with Gasteiger partial charge >= 0.3 is 0 Å². The molecule has 0 fully saturated rings. The number of likely N-dealkylation sites (N-methyl/N-ethyl adjacent to an activating group) is 1. The Morgan fingerprint density at radius 3 is 2.72 bits per heavy atom. The third-order valence-electron chi connectivity index (χ3n) is 4.47. The van der Waals surface area contributed by atoms with E-state index < -0.39 is 0 Å². The average molecular weight is 394 g/mol. The van der Waals surface area contributed by atoms with E-state index in [1.54, 1.807) is 48.5 Å². The van der Waals surface area contributed by atoms with E-state index in [1.165, 1.54) is 12.0 Å². The molecule has 0 aliphatic rings. The smallest absolute Gasteiger partial charge is 0.258 e. The summed E-state index contributed by atoms with van der Waals surface area (Å²) in [5, 5.41) is 3.11. The zero-order valence-corrected chi connectivity index (χ0v) is 16.3. The molecule has 0 aliphatic carbocycles. The molecule has 2 N–H and O–H groups in total. The van der Waals surface area contributed by atoms with Crippen LogP contribution >= 0.6 is 0 Å². The van der Waals surface area contributed by atoms with Gasteiger partial charge in [0.1, 0.15) is 11.6 Å². The Labute approximate surface area is 167 Å². The van der Waals surface area contributed by atoms with E-state index in [0.717, 1.165) is 0 Å². The van der Waals surface area contributed by atoms with Crippen LogP contribution in [0.25, 0.3) is 10.9 Å². The fourth-order valence-corrected chi connectivity index (χ4v) is 2.90. The zero-order valence-electron chi connectivity index (χ0n) is 16.3. The van der Waals surface area contributed by atoms with Crippen molar-refractivity contribution in [2.24, 2.45) is 0 Å². The summed E-state index contributed by atoms with van der Waals surface area (Å²) in [6, 6.07) is 13.7. The van der Waals surface area contributed by atoms with Crippen molar-refractivity contribution in [1.82, 2.24) is 20.2 Å². The third kappa shape index (κ3) is 4.78. The van der Waals surface area contributed by atoms with Crippen LogP contribution in [0.4, 0.5) is 0 Å². The van der Waals surface area contributed by atoms with Gasteiger partial charge in [-0.25, -0.2) is 4.98 Å². The number of nitrogens with zero attached hydrogens (tertiary/aromatic N) is 2. The fourth-order valence-electron chi connectivity index (χ4n) is 2.90. The standard InChI is InChI=1S/C21H22N4O4/c1-3-25(13-18-23-17-10-5-4-9-16(17)21(28)24-18)19(26)12-22-20(27)14-7-6-8-15(11-14)29-2/h4-11H,3,12-13H2,1-2H3,(H,22,27)(H,23,24,28). The van der Waals surface area contributed by atoms with Gasteiger partial charge in [0.05, 0.1) is 31.1 Å². The van der Waals surface area contributed by atoms with Gasteiger partial charge in [-0.3, -0.25) is 14.4 Å². The molecule has 29 heavy (non-hydrogen) atoms. The molecular formula is C21H22N4O4. The molecule has 0 atom stereocenters. The second-order valence-corrected chi connectivity index (χ2v) is 6.35. The molecule has 2 amide bonds. The van der Waals surface area contributed by atoms with E-state index in [1.807, 2.05) is 6.92 Å². The van der Waals surface area contributed by atoms with Crippen LogP contribution < -0.4 is 15.6 Å². The molecule has 0 spiro atoms. The number of methoxy groups -OCH3 is 1. The molecular weight excluding hydrogens is 372 g/mol. The van der Waals surface area contributed by atoms with Crippen molar-refractivity contribution >= 4 is 22.7 Å². The number of nitrogens with one attached hydrogen (secondary N) is 2. The molecule has 3 aromatic rings. The van der Waals surface area contributed by atoms with E-state index in [0.29, 0.717) is 34.6 Å². The summed E-state index contributed by atoms with van der Waals surface area (Å²) in [5.74, 6) is 0.304. The zero-order chi connectivity index (χ0) is 20.8. The highest BCUT2D eigenvalue weighted by molar-refractivity contribution is 5.96. The Kier molecular flexibility index (Phi) is 6.23. The Morgan fingerprint density at radius 1 is 1.17 bits per heavy atom. The molecule has 150 valence electrons. The number of hydrogen-bond acceptors (Lipinski definition) is 5. The maximum absolute atomic E-state index is 12.6. The van der Waals surface area contributed by atoms with E-state index in [-0.39, 0.29) is 30.5 Å². The summed E-state index contributed by atoms with van der Waals surface area (Å²) in [5.41, 5.74) is 0.724. The van der Waals surface area contributed by atoms with E-state index in [9.17, 15) is 14.4 Å². The van der Waals surface area contributed by atoms with Gasteiger partial charge in [0, 0.05) is 12.1 Å². The van der Waals surface area contributed by atoms with Crippen molar-refractivity contribution in [3.8, 4) is 5.75 Å². The topological polar surface area (TPSA) is 104 Å². The quantitative estimate of drug-likeness (QED) is 0.635. The summed E-state index contributed by atoms with van der Waals surface area (Å²) in [6.07, 6.45) is 0. The maximum Gasteiger partial charge on any atom is 0.258 e. The van der Waals surface area contributed by atoms with Crippen molar-refractivity contribution in [2.75, 3.05) is 20.2 Å². The minimum absolute atomic E-state index is 0.143. The van der Waals surface area contributed by atoms with E-state index in [2.05, 4.69) is 15.3 Å². The van der Waals surface area contributed by atoms with E-state index >= 15 is 0 Å². The molecule has 0 saturated heterocycles. The Morgan fingerprint density at radius 2 is 1.97 bits per heavy atom. The number of amides is 2.